The molecular formula is C15H21BrClNO. The summed E-state index contributed by atoms with van der Waals surface area (Å²) in [7, 11) is 0. The van der Waals surface area contributed by atoms with Gasteiger partial charge < -0.3 is 4.74 Å². The first-order valence-electron chi connectivity index (χ1n) is 6.98. The zero-order chi connectivity index (χ0) is 13.5. The van der Waals surface area contributed by atoms with Gasteiger partial charge in [-0.05, 0) is 44.0 Å². The van der Waals surface area contributed by atoms with Crippen LogP contribution < -0.4 is 4.74 Å². The largest absolute Gasteiger partial charge is 0.492 e. The zero-order valence-electron chi connectivity index (χ0n) is 11.2. The lowest BCUT2D eigenvalue weighted by molar-refractivity contribution is 0.107. The van der Waals surface area contributed by atoms with Crippen LogP contribution in [0.1, 0.15) is 25.7 Å². The van der Waals surface area contributed by atoms with Crippen LogP contribution in [0.15, 0.2) is 28.7 Å². The predicted octanol–water partition coefficient (Wildman–Crippen LogP) is 4.31. The Balaban J connectivity index is 1.75. The highest BCUT2D eigenvalue weighted by atomic mass is 79.9. The van der Waals surface area contributed by atoms with Crippen molar-refractivity contribution >= 4 is 27.5 Å². The molecule has 2 rings (SSSR count). The molecule has 0 aromatic heterocycles. The average molecular weight is 347 g/mol. The van der Waals surface area contributed by atoms with Crippen molar-refractivity contribution in [2.45, 2.75) is 31.7 Å². The lowest BCUT2D eigenvalue weighted by atomic mass is 9.91. The highest BCUT2D eigenvalue weighted by molar-refractivity contribution is 9.10. The van der Waals surface area contributed by atoms with Gasteiger partial charge in [-0.1, -0.05) is 28.4 Å². The van der Waals surface area contributed by atoms with Crippen molar-refractivity contribution in [2.75, 3.05) is 25.6 Å². The van der Waals surface area contributed by atoms with Gasteiger partial charge in [0.1, 0.15) is 12.4 Å². The summed E-state index contributed by atoms with van der Waals surface area (Å²) in [6.07, 6.45) is 5.10. The van der Waals surface area contributed by atoms with E-state index >= 15 is 0 Å². The van der Waals surface area contributed by atoms with Gasteiger partial charge in [0, 0.05) is 22.9 Å². The number of hydrogen-bond donors (Lipinski definition) is 0. The van der Waals surface area contributed by atoms with E-state index in [1.807, 2.05) is 24.3 Å². The molecule has 0 amide bonds. The lowest BCUT2D eigenvalue weighted by Gasteiger charge is -2.37. The maximum atomic E-state index is 5.81. The van der Waals surface area contributed by atoms with Crippen LogP contribution in [0.3, 0.4) is 0 Å². The van der Waals surface area contributed by atoms with Gasteiger partial charge in [-0.15, -0.1) is 11.6 Å². The molecule has 106 valence electrons. The normalized spacial score (nSPS) is 15.5. The molecule has 0 aliphatic heterocycles. The number of benzene rings is 1. The molecule has 4 heteroatoms. The molecule has 0 saturated heterocycles. The SMILES string of the molecule is ClCCCN(CCOc1cccc(Br)c1)C1CCC1. The molecule has 2 nitrogen and oxygen atoms in total. The third-order valence-electron chi connectivity index (χ3n) is 3.61. The molecule has 1 fully saturated rings. The molecule has 0 N–H and O–H groups in total. The minimum Gasteiger partial charge on any atom is -0.492 e. The Morgan fingerprint density at radius 3 is 2.79 bits per heavy atom. The molecule has 0 radical (unpaired) electrons. The number of hydrogen-bond acceptors (Lipinski definition) is 2. The second-order valence-electron chi connectivity index (χ2n) is 4.97. The van der Waals surface area contributed by atoms with Crippen molar-refractivity contribution in [1.82, 2.24) is 4.90 Å². The van der Waals surface area contributed by atoms with E-state index in [1.54, 1.807) is 0 Å². The van der Waals surface area contributed by atoms with Crippen LogP contribution in [0.5, 0.6) is 5.75 Å². The third-order valence-corrected chi connectivity index (χ3v) is 4.37. The Morgan fingerprint density at radius 1 is 1.32 bits per heavy atom. The van der Waals surface area contributed by atoms with Crippen LogP contribution in [0.4, 0.5) is 0 Å². The van der Waals surface area contributed by atoms with Crippen LogP contribution in [0.2, 0.25) is 0 Å². The van der Waals surface area contributed by atoms with Gasteiger partial charge in [0.05, 0.1) is 0 Å². The molecule has 0 atom stereocenters. The first-order chi connectivity index (χ1) is 9.29. The number of rotatable bonds is 8. The molecule has 0 unspecified atom stereocenters. The van der Waals surface area contributed by atoms with Crippen molar-refractivity contribution in [2.24, 2.45) is 0 Å². The van der Waals surface area contributed by atoms with Gasteiger partial charge in [-0.3, -0.25) is 4.90 Å². The Kier molecular flexibility index (Phi) is 6.48. The van der Waals surface area contributed by atoms with E-state index in [9.17, 15) is 0 Å². The summed E-state index contributed by atoms with van der Waals surface area (Å²) in [5.74, 6) is 1.68. The number of ether oxygens (including phenoxy) is 1. The summed E-state index contributed by atoms with van der Waals surface area (Å²) in [6.45, 7) is 2.83. The third kappa shape index (κ3) is 4.97. The van der Waals surface area contributed by atoms with Gasteiger partial charge in [-0.2, -0.15) is 0 Å². The average Bonchev–Trinajstić information content (AvgIpc) is 2.33. The van der Waals surface area contributed by atoms with Crippen molar-refractivity contribution in [3.05, 3.63) is 28.7 Å². The number of halogens is 2. The van der Waals surface area contributed by atoms with Crippen molar-refractivity contribution in [1.29, 1.82) is 0 Å². The number of nitrogens with zero attached hydrogens (tertiary/aromatic N) is 1. The monoisotopic (exact) mass is 345 g/mol. The topological polar surface area (TPSA) is 12.5 Å². The van der Waals surface area contributed by atoms with Crippen LogP contribution in [0, 0.1) is 0 Å². The summed E-state index contributed by atoms with van der Waals surface area (Å²) in [5.41, 5.74) is 0. The van der Waals surface area contributed by atoms with Crippen LogP contribution >= 0.6 is 27.5 Å². The fraction of sp³-hybridized carbons (Fsp3) is 0.600. The summed E-state index contributed by atoms with van der Waals surface area (Å²) >= 11 is 9.25. The van der Waals surface area contributed by atoms with Gasteiger partial charge in [0.2, 0.25) is 0 Å². The van der Waals surface area contributed by atoms with Gasteiger partial charge in [0.15, 0.2) is 0 Å². The second-order valence-corrected chi connectivity index (χ2v) is 6.26. The van der Waals surface area contributed by atoms with E-state index in [1.165, 1.54) is 19.3 Å². The second kappa shape index (κ2) is 8.13. The Morgan fingerprint density at radius 2 is 2.16 bits per heavy atom. The maximum absolute atomic E-state index is 5.81. The Hall–Kier alpha value is -0.250. The number of alkyl halides is 1. The molecule has 0 bridgehead atoms. The van der Waals surface area contributed by atoms with E-state index < -0.39 is 0 Å². The minimum atomic E-state index is 0.745. The van der Waals surface area contributed by atoms with Crippen LogP contribution in [-0.4, -0.2) is 36.5 Å². The first kappa shape index (κ1) is 15.1. The van der Waals surface area contributed by atoms with E-state index in [0.717, 1.165) is 48.3 Å². The van der Waals surface area contributed by atoms with Crippen LogP contribution in [-0.2, 0) is 0 Å². The van der Waals surface area contributed by atoms with Gasteiger partial charge >= 0.3 is 0 Å². The molecule has 0 spiro atoms. The maximum Gasteiger partial charge on any atom is 0.120 e. The lowest BCUT2D eigenvalue weighted by Crippen LogP contribution is -2.43. The Bertz CT molecular complexity index is 384. The molecule has 19 heavy (non-hydrogen) atoms. The molecular weight excluding hydrogens is 326 g/mol. The first-order valence-corrected chi connectivity index (χ1v) is 8.31. The summed E-state index contributed by atoms with van der Waals surface area (Å²) < 4.78 is 6.87. The molecule has 1 saturated carbocycles. The molecule has 0 heterocycles. The van der Waals surface area contributed by atoms with Gasteiger partial charge in [-0.25, -0.2) is 0 Å². The van der Waals surface area contributed by atoms with E-state index in [-0.39, 0.29) is 0 Å². The highest BCUT2D eigenvalue weighted by Crippen LogP contribution is 2.25. The van der Waals surface area contributed by atoms with Crippen molar-refractivity contribution < 1.29 is 4.74 Å². The van der Waals surface area contributed by atoms with E-state index in [0.29, 0.717) is 0 Å². The minimum absolute atomic E-state index is 0.745. The molecule has 1 aromatic rings. The fourth-order valence-corrected chi connectivity index (χ4v) is 2.83. The fourth-order valence-electron chi connectivity index (χ4n) is 2.33. The molecule has 1 aliphatic carbocycles. The van der Waals surface area contributed by atoms with Crippen molar-refractivity contribution in [3.8, 4) is 5.75 Å². The van der Waals surface area contributed by atoms with Crippen LogP contribution in [0.25, 0.3) is 0 Å². The van der Waals surface area contributed by atoms with Gasteiger partial charge in [0.25, 0.3) is 0 Å². The van der Waals surface area contributed by atoms with E-state index in [4.69, 9.17) is 16.3 Å². The Labute approximate surface area is 129 Å². The van der Waals surface area contributed by atoms with E-state index in [2.05, 4.69) is 20.8 Å². The molecule has 1 aromatic carbocycles. The quantitative estimate of drug-likeness (QED) is 0.650. The highest BCUT2D eigenvalue weighted by Gasteiger charge is 2.24. The summed E-state index contributed by atoms with van der Waals surface area (Å²) in [5, 5.41) is 0. The zero-order valence-corrected chi connectivity index (χ0v) is 13.5. The smallest absolute Gasteiger partial charge is 0.120 e. The summed E-state index contributed by atoms with van der Waals surface area (Å²) in [4.78, 5) is 2.53. The summed E-state index contributed by atoms with van der Waals surface area (Å²) in [6, 6.07) is 8.77. The molecule has 1 aliphatic rings. The predicted molar refractivity (Wildman–Crippen MR) is 84.2 cm³/mol. The van der Waals surface area contributed by atoms with Crippen molar-refractivity contribution in [3.63, 3.8) is 0 Å². The standard InChI is InChI=1S/C15H21BrClNO/c16-13-4-1-7-15(12-13)19-11-10-18(9-3-8-17)14-5-2-6-14/h1,4,7,12,14H,2-3,5-6,8-11H2.